The predicted molar refractivity (Wildman–Crippen MR) is 59.9 cm³/mol. The van der Waals surface area contributed by atoms with E-state index in [1.165, 1.54) is 6.20 Å². The Bertz CT molecular complexity index is 529. The van der Waals surface area contributed by atoms with Crippen LogP contribution in [0.5, 0.6) is 11.6 Å². The maximum atomic E-state index is 8.71. The fourth-order valence-corrected chi connectivity index (χ4v) is 1.19. The third-order valence-electron chi connectivity index (χ3n) is 1.97. The Hall–Kier alpha value is -2.54. The maximum absolute atomic E-state index is 8.71. The summed E-state index contributed by atoms with van der Waals surface area (Å²) in [7, 11) is 0. The largest absolute Gasteiger partial charge is 0.439 e. The molecule has 0 fully saturated rings. The summed E-state index contributed by atoms with van der Waals surface area (Å²) in [5.41, 5.74) is 6.74. The van der Waals surface area contributed by atoms with Crippen LogP contribution >= 0.6 is 0 Å². The summed E-state index contributed by atoms with van der Waals surface area (Å²) in [6.07, 6.45) is 1.53. The van der Waals surface area contributed by atoms with Gasteiger partial charge in [0, 0.05) is 18.0 Å². The SMILES string of the molecule is N#Cc1ccnc(Oc2ccc(N)cc2)c1. The standard InChI is InChI=1S/C12H9N3O/c13-8-9-5-6-15-12(7-9)16-11-3-1-10(14)2-4-11/h1-7H,14H2. The molecule has 0 spiro atoms. The normalized spacial score (nSPS) is 9.44. The molecule has 0 unspecified atom stereocenters. The van der Waals surface area contributed by atoms with Crippen LogP contribution in [0.15, 0.2) is 42.6 Å². The highest BCUT2D eigenvalue weighted by Crippen LogP contribution is 2.20. The van der Waals surface area contributed by atoms with Crippen molar-refractivity contribution in [3.8, 4) is 17.7 Å². The van der Waals surface area contributed by atoms with Crippen LogP contribution < -0.4 is 10.5 Å². The summed E-state index contributed by atoms with van der Waals surface area (Å²) < 4.78 is 5.46. The molecular weight excluding hydrogens is 202 g/mol. The van der Waals surface area contributed by atoms with E-state index in [0.717, 1.165) is 0 Å². The van der Waals surface area contributed by atoms with E-state index in [1.54, 1.807) is 36.4 Å². The van der Waals surface area contributed by atoms with Gasteiger partial charge in [0.05, 0.1) is 11.6 Å². The number of nitriles is 1. The van der Waals surface area contributed by atoms with Crippen LogP contribution in [0.3, 0.4) is 0 Å². The van der Waals surface area contributed by atoms with Crippen molar-refractivity contribution in [2.24, 2.45) is 0 Å². The quantitative estimate of drug-likeness (QED) is 0.774. The lowest BCUT2D eigenvalue weighted by Crippen LogP contribution is -1.89. The minimum atomic E-state index is 0.392. The second-order valence-corrected chi connectivity index (χ2v) is 3.17. The molecule has 2 rings (SSSR count). The molecular formula is C12H9N3O. The van der Waals surface area contributed by atoms with Crippen molar-refractivity contribution in [2.75, 3.05) is 5.73 Å². The van der Waals surface area contributed by atoms with Crippen LogP contribution in [0.4, 0.5) is 5.69 Å². The van der Waals surface area contributed by atoms with Gasteiger partial charge in [0.15, 0.2) is 0 Å². The van der Waals surface area contributed by atoms with E-state index in [0.29, 0.717) is 22.9 Å². The van der Waals surface area contributed by atoms with Crippen molar-refractivity contribution in [1.82, 2.24) is 4.98 Å². The highest BCUT2D eigenvalue weighted by molar-refractivity contribution is 5.43. The molecule has 2 N–H and O–H groups in total. The number of anilines is 1. The summed E-state index contributed by atoms with van der Waals surface area (Å²) in [5, 5.41) is 8.71. The highest BCUT2D eigenvalue weighted by Gasteiger charge is 1.99. The smallest absolute Gasteiger partial charge is 0.220 e. The van der Waals surface area contributed by atoms with Gasteiger partial charge in [-0.1, -0.05) is 0 Å². The predicted octanol–water partition coefficient (Wildman–Crippen LogP) is 2.33. The Balaban J connectivity index is 2.21. The molecule has 1 heterocycles. The molecule has 78 valence electrons. The Kier molecular flexibility index (Phi) is 2.70. The van der Waals surface area contributed by atoms with E-state index in [-0.39, 0.29) is 0 Å². The van der Waals surface area contributed by atoms with Crippen LogP contribution in [0.2, 0.25) is 0 Å². The van der Waals surface area contributed by atoms with Gasteiger partial charge in [0.2, 0.25) is 5.88 Å². The molecule has 0 saturated heterocycles. The van der Waals surface area contributed by atoms with Crippen LogP contribution in [0.25, 0.3) is 0 Å². The molecule has 4 nitrogen and oxygen atoms in total. The number of aromatic nitrogens is 1. The molecule has 1 aromatic heterocycles. The van der Waals surface area contributed by atoms with Crippen molar-refractivity contribution in [2.45, 2.75) is 0 Å². The summed E-state index contributed by atoms with van der Waals surface area (Å²) in [4.78, 5) is 4.00. The van der Waals surface area contributed by atoms with Crippen molar-refractivity contribution in [3.05, 3.63) is 48.2 Å². The number of nitrogens with zero attached hydrogens (tertiary/aromatic N) is 2. The number of hydrogen-bond acceptors (Lipinski definition) is 4. The second-order valence-electron chi connectivity index (χ2n) is 3.17. The van der Waals surface area contributed by atoms with Gasteiger partial charge in [0.1, 0.15) is 5.75 Å². The third kappa shape index (κ3) is 2.28. The van der Waals surface area contributed by atoms with E-state index in [9.17, 15) is 0 Å². The average Bonchev–Trinajstić information content (AvgIpc) is 2.32. The first-order valence-electron chi connectivity index (χ1n) is 4.67. The van der Waals surface area contributed by atoms with Gasteiger partial charge >= 0.3 is 0 Å². The molecule has 1 aromatic carbocycles. The summed E-state index contributed by atoms with van der Waals surface area (Å²) in [6.45, 7) is 0. The fraction of sp³-hybridized carbons (Fsp3) is 0. The molecule has 0 radical (unpaired) electrons. The number of benzene rings is 1. The third-order valence-corrected chi connectivity index (χ3v) is 1.97. The molecule has 0 atom stereocenters. The molecule has 0 amide bonds. The zero-order valence-corrected chi connectivity index (χ0v) is 8.42. The second kappa shape index (κ2) is 4.32. The molecule has 0 bridgehead atoms. The maximum Gasteiger partial charge on any atom is 0.220 e. The monoisotopic (exact) mass is 211 g/mol. The van der Waals surface area contributed by atoms with Crippen molar-refractivity contribution >= 4 is 5.69 Å². The van der Waals surface area contributed by atoms with E-state index in [1.807, 2.05) is 6.07 Å². The molecule has 0 saturated carbocycles. The molecule has 16 heavy (non-hydrogen) atoms. The first-order valence-corrected chi connectivity index (χ1v) is 4.67. The number of ether oxygens (including phenoxy) is 1. The van der Waals surface area contributed by atoms with Gasteiger partial charge < -0.3 is 10.5 Å². The topological polar surface area (TPSA) is 71.9 Å². The molecule has 2 aromatic rings. The summed E-state index contributed by atoms with van der Waals surface area (Å²) in [6, 6.07) is 12.2. The van der Waals surface area contributed by atoms with Crippen molar-refractivity contribution in [3.63, 3.8) is 0 Å². The molecule has 4 heteroatoms. The van der Waals surface area contributed by atoms with Crippen LogP contribution in [0, 0.1) is 11.3 Å². The fourth-order valence-electron chi connectivity index (χ4n) is 1.19. The zero-order chi connectivity index (χ0) is 11.4. The lowest BCUT2D eigenvalue weighted by Gasteiger charge is -2.04. The Morgan fingerprint density at radius 2 is 1.94 bits per heavy atom. The Morgan fingerprint density at radius 3 is 2.62 bits per heavy atom. The number of rotatable bonds is 2. The van der Waals surface area contributed by atoms with Gasteiger partial charge in [0.25, 0.3) is 0 Å². The Labute approximate surface area is 92.9 Å². The summed E-state index contributed by atoms with van der Waals surface area (Å²) in [5.74, 6) is 1.03. The first-order chi connectivity index (χ1) is 7.78. The van der Waals surface area contributed by atoms with Gasteiger partial charge in [-0.05, 0) is 30.3 Å². The highest BCUT2D eigenvalue weighted by atomic mass is 16.5. The lowest BCUT2D eigenvalue weighted by molar-refractivity contribution is 0.463. The van der Waals surface area contributed by atoms with E-state index >= 15 is 0 Å². The minimum Gasteiger partial charge on any atom is -0.439 e. The zero-order valence-electron chi connectivity index (χ0n) is 8.42. The minimum absolute atomic E-state index is 0.392. The van der Waals surface area contributed by atoms with Crippen molar-refractivity contribution < 1.29 is 4.74 Å². The van der Waals surface area contributed by atoms with Gasteiger partial charge in [-0.2, -0.15) is 5.26 Å². The van der Waals surface area contributed by atoms with Crippen LogP contribution in [-0.4, -0.2) is 4.98 Å². The van der Waals surface area contributed by atoms with E-state index in [4.69, 9.17) is 15.7 Å². The number of hydrogen-bond donors (Lipinski definition) is 1. The molecule has 0 aliphatic rings. The van der Waals surface area contributed by atoms with Crippen molar-refractivity contribution in [1.29, 1.82) is 5.26 Å². The average molecular weight is 211 g/mol. The van der Waals surface area contributed by atoms with Crippen LogP contribution in [0.1, 0.15) is 5.56 Å². The van der Waals surface area contributed by atoms with Gasteiger partial charge in [-0.25, -0.2) is 4.98 Å². The molecule has 0 aliphatic heterocycles. The Morgan fingerprint density at radius 1 is 1.19 bits per heavy atom. The van der Waals surface area contributed by atoms with Gasteiger partial charge in [-0.3, -0.25) is 0 Å². The van der Waals surface area contributed by atoms with Gasteiger partial charge in [-0.15, -0.1) is 0 Å². The van der Waals surface area contributed by atoms with E-state index < -0.39 is 0 Å². The number of pyridine rings is 1. The lowest BCUT2D eigenvalue weighted by atomic mass is 10.3. The van der Waals surface area contributed by atoms with E-state index in [2.05, 4.69) is 4.98 Å². The number of nitrogen functional groups attached to an aromatic ring is 1. The summed E-state index contributed by atoms with van der Waals surface area (Å²) >= 11 is 0. The number of nitrogens with two attached hydrogens (primary N) is 1. The first kappa shape index (κ1) is 9.99. The molecule has 0 aliphatic carbocycles. The van der Waals surface area contributed by atoms with Crippen LogP contribution in [-0.2, 0) is 0 Å².